The van der Waals surface area contributed by atoms with Gasteiger partial charge in [-0.05, 0) is 44.8 Å². The second kappa shape index (κ2) is 7.53. The fourth-order valence-electron chi connectivity index (χ4n) is 3.80. The van der Waals surface area contributed by atoms with Gasteiger partial charge in [-0.3, -0.25) is 4.90 Å². The first kappa shape index (κ1) is 15.9. The van der Waals surface area contributed by atoms with Crippen molar-refractivity contribution in [2.45, 2.75) is 44.2 Å². The zero-order chi connectivity index (χ0) is 15.3. The third-order valence-corrected chi connectivity index (χ3v) is 5.18. The molecule has 3 nitrogen and oxygen atoms in total. The van der Waals surface area contributed by atoms with E-state index >= 15 is 0 Å². The third-order valence-electron chi connectivity index (χ3n) is 5.18. The molecule has 0 amide bonds. The molecule has 2 fully saturated rings. The van der Waals surface area contributed by atoms with Crippen molar-refractivity contribution in [3.63, 3.8) is 0 Å². The molecule has 0 unspecified atom stereocenters. The summed E-state index contributed by atoms with van der Waals surface area (Å²) in [5.41, 5.74) is 0.951. The highest BCUT2D eigenvalue weighted by Crippen LogP contribution is 2.30. The number of hydrogen-bond donors (Lipinski definition) is 1. The van der Waals surface area contributed by atoms with Crippen molar-refractivity contribution in [2.24, 2.45) is 0 Å². The summed E-state index contributed by atoms with van der Waals surface area (Å²) in [4.78, 5) is 2.66. The van der Waals surface area contributed by atoms with E-state index in [0.29, 0.717) is 6.54 Å². The van der Waals surface area contributed by atoms with Crippen LogP contribution in [-0.2, 0) is 11.3 Å². The highest BCUT2D eigenvalue weighted by Gasteiger charge is 2.38. The van der Waals surface area contributed by atoms with Crippen LogP contribution < -0.4 is 5.32 Å². The summed E-state index contributed by atoms with van der Waals surface area (Å²) in [5, 5.41) is 3.51. The maximum Gasteiger partial charge on any atom is 0.127 e. The minimum absolute atomic E-state index is 0.117. The third kappa shape index (κ3) is 3.67. The molecule has 0 bridgehead atoms. The van der Waals surface area contributed by atoms with Crippen LogP contribution in [0.1, 0.15) is 37.7 Å². The average molecular weight is 306 g/mol. The molecule has 2 aliphatic rings. The number of halogens is 1. The summed E-state index contributed by atoms with van der Waals surface area (Å²) >= 11 is 0. The predicted molar refractivity (Wildman–Crippen MR) is 86.3 cm³/mol. The van der Waals surface area contributed by atoms with Crippen LogP contribution in [0.4, 0.5) is 4.39 Å². The molecule has 2 saturated heterocycles. The fourth-order valence-corrected chi connectivity index (χ4v) is 3.80. The number of ether oxygens (including phenoxy) is 1. The van der Waals surface area contributed by atoms with E-state index in [2.05, 4.69) is 10.2 Å². The van der Waals surface area contributed by atoms with Crippen molar-refractivity contribution in [3.05, 3.63) is 35.6 Å². The van der Waals surface area contributed by atoms with Crippen LogP contribution in [0.5, 0.6) is 0 Å². The molecule has 1 aromatic rings. The number of nitrogens with one attached hydrogen (secondary N) is 1. The first-order chi connectivity index (χ1) is 10.8. The molecule has 2 aliphatic heterocycles. The lowest BCUT2D eigenvalue weighted by Gasteiger charge is -2.48. The van der Waals surface area contributed by atoms with E-state index in [0.717, 1.165) is 38.2 Å². The largest absolute Gasteiger partial charge is 0.381 e. The van der Waals surface area contributed by atoms with Gasteiger partial charge in [-0.25, -0.2) is 4.39 Å². The zero-order valence-corrected chi connectivity index (χ0v) is 13.3. The van der Waals surface area contributed by atoms with Crippen LogP contribution >= 0.6 is 0 Å². The molecule has 0 radical (unpaired) electrons. The van der Waals surface area contributed by atoms with Gasteiger partial charge < -0.3 is 10.1 Å². The fraction of sp³-hybridized carbons (Fsp3) is 0.667. The molecule has 22 heavy (non-hydrogen) atoms. The Labute approximate surface area is 132 Å². The summed E-state index contributed by atoms with van der Waals surface area (Å²) in [6.07, 6.45) is 6.12. The first-order valence-electron chi connectivity index (χ1n) is 8.57. The smallest absolute Gasteiger partial charge is 0.127 e. The Bertz CT molecular complexity index is 468. The number of piperidine rings is 1. The minimum Gasteiger partial charge on any atom is -0.381 e. The summed E-state index contributed by atoms with van der Waals surface area (Å²) in [7, 11) is 0. The van der Waals surface area contributed by atoms with Gasteiger partial charge in [0.05, 0.1) is 0 Å². The summed E-state index contributed by atoms with van der Waals surface area (Å²) in [6.45, 7) is 5.60. The molecule has 1 aromatic carbocycles. The number of hydrogen-bond acceptors (Lipinski definition) is 3. The Morgan fingerprint density at radius 1 is 1.09 bits per heavy atom. The van der Waals surface area contributed by atoms with Crippen molar-refractivity contribution >= 4 is 0 Å². The van der Waals surface area contributed by atoms with E-state index in [1.807, 2.05) is 12.1 Å². The van der Waals surface area contributed by atoms with Gasteiger partial charge in [0.2, 0.25) is 0 Å². The molecule has 0 saturated carbocycles. The number of benzene rings is 1. The Kier molecular flexibility index (Phi) is 5.45. The topological polar surface area (TPSA) is 24.5 Å². The Morgan fingerprint density at radius 3 is 2.55 bits per heavy atom. The molecule has 2 heterocycles. The quantitative estimate of drug-likeness (QED) is 0.905. The van der Waals surface area contributed by atoms with Gasteiger partial charge in [-0.1, -0.05) is 24.6 Å². The van der Waals surface area contributed by atoms with Crippen LogP contribution in [0.25, 0.3) is 0 Å². The van der Waals surface area contributed by atoms with E-state index < -0.39 is 0 Å². The van der Waals surface area contributed by atoms with Gasteiger partial charge in [0.15, 0.2) is 0 Å². The lowest BCUT2D eigenvalue weighted by molar-refractivity contribution is -0.0358. The lowest BCUT2D eigenvalue weighted by atomic mass is 9.86. The van der Waals surface area contributed by atoms with Gasteiger partial charge in [0.1, 0.15) is 5.82 Å². The average Bonchev–Trinajstić information content (AvgIpc) is 2.58. The van der Waals surface area contributed by atoms with Gasteiger partial charge in [-0.15, -0.1) is 0 Å². The van der Waals surface area contributed by atoms with Crippen LogP contribution in [0.3, 0.4) is 0 Å². The highest BCUT2D eigenvalue weighted by molar-refractivity contribution is 5.17. The van der Waals surface area contributed by atoms with Crippen molar-refractivity contribution in [1.82, 2.24) is 10.2 Å². The molecular formula is C18H27FN2O. The Hall–Kier alpha value is -0.970. The molecule has 3 rings (SSSR count). The molecular weight excluding hydrogens is 279 g/mol. The van der Waals surface area contributed by atoms with Gasteiger partial charge in [0, 0.05) is 37.4 Å². The van der Waals surface area contributed by atoms with Crippen molar-refractivity contribution < 1.29 is 9.13 Å². The summed E-state index contributed by atoms with van der Waals surface area (Å²) in [5.74, 6) is -0.117. The number of nitrogens with zero attached hydrogens (tertiary/aromatic N) is 1. The van der Waals surface area contributed by atoms with Crippen molar-refractivity contribution in [1.29, 1.82) is 0 Å². The lowest BCUT2D eigenvalue weighted by Crippen LogP contribution is -2.59. The predicted octanol–water partition coefficient (Wildman–Crippen LogP) is 2.95. The zero-order valence-electron chi connectivity index (χ0n) is 13.3. The molecule has 0 aromatic heterocycles. The van der Waals surface area contributed by atoms with Gasteiger partial charge >= 0.3 is 0 Å². The molecule has 4 heteroatoms. The van der Waals surface area contributed by atoms with Crippen molar-refractivity contribution in [3.8, 4) is 0 Å². The summed E-state index contributed by atoms with van der Waals surface area (Å²) < 4.78 is 19.3. The van der Waals surface area contributed by atoms with Gasteiger partial charge in [-0.2, -0.15) is 0 Å². The second-order valence-electron chi connectivity index (χ2n) is 6.58. The molecule has 1 N–H and O–H groups in total. The summed E-state index contributed by atoms with van der Waals surface area (Å²) in [6, 6.07) is 7.03. The minimum atomic E-state index is -0.117. The number of likely N-dealkylation sites (tertiary alicyclic amines) is 1. The standard InChI is InChI=1S/C18H27FN2O/c19-17-7-3-2-6-16(17)14-20-15-18(8-12-22-13-9-18)21-10-4-1-5-11-21/h2-3,6-7,20H,1,4-5,8-15H2. The van der Waals surface area contributed by atoms with Crippen LogP contribution in [-0.4, -0.2) is 43.3 Å². The van der Waals surface area contributed by atoms with Crippen molar-refractivity contribution in [2.75, 3.05) is 32.8 Å². The van der Waals surface area contributed by atoms with Crippen LogP contribution in [0.2, 0.25) is 0 Å². The number of rotatable bonds is 5. The SMILES string of the molecule is Fc1ccccc1CNCC1(N2CCCCC2)CCOCC1. The molecule has 0 aliphatic carbocycles. The van der Waals surface area contributed by atoms with E-state index in [-0.39, 0.29) is 11.4 Å². The normalized spacial score (nSPS) is 22.6. The van der Waals surface area contributed by atoms with E-state index in [4.69, 9.17) is 4.74 Å². The van der Waals surface area contributed by atoms with Gasteiger partial charge in [0.25, 0.3) is 0 Å². The maximum atomic E-state index is 13.7. The van der Waals surface area contributed by atoms with Crippen LogP contribution in [0.15, 0.2) is 24.3 Å². The van der Waals surface area contributed by atoms with E-state index in [1.54, 1.807) is 6.07 Å². The molecule has 0 spiro atoms. The monoisotopic (exact) mass is 306 g/mol. The molecule has 0 atom stereocenters. The molecule has 122 valence electrons. The van der Waals surface area contributed by atoms with E-state index in [9.17, 15) is 4.39 Å². The maximum absolute atomic E-state index is 13.7. The Balaban J connectivity index is 1.61. The van der Waals surface area contributed by atoms with Crippen LogP contribution in [0, 0.1) is 5.82 Å². The second-order valence-corrected chi connectivity index (χ2v) is 6.58. The first-order valence-corrected chi connectivity index (χ1v) is 8.57. The Morgan fingerprint density at radius 2 is 1.82 bits per heavy atom. The highest BCUT2D eigenvalue weighted by atomic mass is 19.1. The van der Waals surface area contributed by atoms with E-state index in [1.165, 1.54) is 38.4 Å².